The van der Waals surface area contributed by atoms with Gasteiger partial charge in [-0.15, -0.1) is 0 Å². The number of nitrogens with zero attached hydrogens (tertiary/aromatic N) is 1. The SMILES string of the molecule is CCC1CCCC(CN)(N2CC(OC)C(OC)C2)C1. The third kappa shape index (κ3) is 2.97. The van der Waals surface area contributed by atoms with E-state index < -0.39 is 0 Å². The highest BCUT2D eigenvalue weighted by molar-refractivity contribution is 5.01. The van der Waals surface area contributed by atoms with Crippen molar-refractivity contribution in [2.45, 2.75) is 56.8 Å². The molecule has 0 bridgehead atoms. The molecule has 0 aromatic rings. The van der Waals surface area contributed by atoms with Crippen molar-refractivity contribution >= 4 is 0 Å². The summed E-state index contributed by atoms with van der Waals surface area (Å²) in [5, 5.41) is 0. The Labute approximate surface area is 117 Å². The maximum absolute atomic E-state index is 6.19. The van der Waals surface area contributed by atoms with Crippen molar-refractivity contribution in [3.05, 3.63) is 0 Å². The third-order valence-corrected chi connectivity index (χ3v) is 5.37. The number of methoxy groups -OCH3 is 2. The molecule has 2 N–H and O–H groups in total. The Morgan fingerprint density at radius 3 is 2.32 bits per heavy atom. The Morgan fingerprint density at radius 1 is 1.21 bits per heavy atom. The Balaban J connectivity index is 2.09. The van der Waals surface area contributed by atoms with E-state index in [1.807, 2.05) is 0 Å². The molecule has 1 heterocycles. The second-order valence-corrected chi connectivity index (χ2v) is 6.25. The maximum Gasteiger partial charge on any atom is 0.0972 e. The van der Waals surface area contributed by atoms with E-state index in [1.54, 1.807) is 14.2 Å². The molecule has 4 atom stereocenters. The van der Waals surface area contributed by atoms with Gasteiger partial charge in [-0.2, -0.15) is 0 Å². The van der Waals surface area contributed by atoms with Crippen LogP contribution in [0.15, 0.2) is 0 Å². The Kier molecular flexibility index (Phi) is 5.23. The average Bonchev–Trinajstić information content (AvgIpc) is 2.91. The van der Waals surface area contributed by atoms with Gasteiger partial charge in [0.2, 0.25) is 0 Å². The number of hydrogen-bond acceptors (Lipinski definition) is 4. The van der Waals surface area contributed by atoms with Crippen LogP contribution in [0.1, 0.15) is 39.0 Å². The van der Waals surface area contributed by atoms with Crippen molar-refractivity contribution in [1.82, 2.24) is 4.90 Å². The summed E-state index contributed by atoms with van der Waals surface area (Å²) in [4.78, 5) is 2.55. The Hall–Kier alpha value is -0.160. The van der Waals surface area contributed by atoms with Gasteiger partial charge in [-0.1, -0.05) is 26.2 Å². The molecule has 0 radical (unpaired) electrons. The first-order valence-corrected chi connectivity index (χ1v) is 7.69. The normalized spacial score (nSPS) is 40.7. The van der Waals surface area contributed by atoms with E-state index >= 15 is 0 Å². The van der Waals surface area contributed by atoms with Crippen LogP contribution < -0.4 is 5.73 Å². The molecular formula is C15H30N2O2. The predicted octanol–water partition coefficient (Wildman–Crippen LogP) is 1.63. The zero-order chi connectivity index (χ0) is 13.9. The van der Waals surface area contributed by atoms with Crippen LogP contribution >= 0.6 is 0 Å². The van der Waals surface area contributed by atoms with E-state index in [2.05, 4.69) is 11.8 Å². The van der Waals surface area contributed by atoms with Crippen molar-refractivity contribution in [3.63, 3.8) is 0 Å². The Bertz CT molecular complexity index is 275. The first-order valence-electron chi connectivity index (χ1n) is 7.69. The van der Waals surface area contributed by atoms with E-state index in [0.717, 1.165) is 25.6 Å². The summed E-state index contributed by atoms with van der Waals surface area (Å²) < 4.78 is 11.1. The number of likely N-dealkylation sites (tertiary alicyclic amines) is 1. The third-order valence-electron chi connectivity index (χ3n) is 5.37. The van der Waals surface area contributed by atoms with Gasteiger partial charge in [0.05, 0.1) is 12.2 Å². The summed E-state index contributed by atoms with van der Waals surface area (Å²) in [6, 6.07) is 0. The summed E-state index contributed by atoms with van der Waals surface area (Å²) in [6.45, 7) is 4.98. The van der Waals surface area contributed by atoms with E-state index in [9.17, 15) is 0 Å². The van der Waals surface area contributed by atoms with Gasteiger partial charge in [-0.25, -0.2) is 0 Å². The molecule has 2 aliphatic rings. The zero-order valence-corrected chi connectivity index (χ0v) is 12.7. The molecule has 0 amide bonds. The molecule has 112 valence electrons. The lowest BCUT2D eigenvalue weighted by atomic mass is 9.74. The van der Waals surface area contributed by atoms with Gasteiger partial charge in [-0.3, -0.25) is 4.90 Å². The number of hydrogen-bond donors (Lipinski definition) is 1. The molecule has 4 unspecified atom stereocenters. The van der Waals surface area contributed by atoms with Crippen LogP contribution in [0.3, 0.4) is 0 Å². The van der Waals surface area contributed by atoms with Gasteiger partial charge >= 0.3 is 0 Å². The van der Waals surface area contributed by atoms with Crippen LogP contribution in [0.25, 0.3) is 0 Å². The van der Waals surface area contributed by atoms with Crippen molar-refractivity contribution in [2.24, 2.45) is 11.7 Å². The van der Waals surface area contributed by atoms with Crippen LogP contribution in [-0.4, -0.2) is 56.5 Å². The lowest BCUT2D eigenvalue weighted by Crippen LogP contribution is -2.56. The van der Waals surface area contributed by atoms with Crippen LogP contribution in [0.2, 0.25) is 0 Å². The van der Waals surface area contributed by atoms with E-state index in [-0.39, 0.29) is 17.7 Å². The molecule has 2 rings (SSSR count). The minimum absolute atomic E-state index is 0.184. The standard InChI is InChI=1S/C15H30N2O2/c1-4-12-6-5-7-15(8-12,11-16)17-9-13(18-2)14(10-17)19-3/h12-14H,4-11,16H2,1-3H3. The predicted molar refractivity (Wildman–Crippen MR) is 77.2 cm³/mol. The Morgan fingerprint density at radius 2 is 1.84 bits per heavy atom. The van der Waals surface area contributed by atoms with Gasteiger partial charge in [0.1, 0.15) is 0 Å². The fourth-order valence-electron chi connectivity index (χ4n) is 4.00. The zero-order valence-electron chi connectivity index (χ0n) is 12.7. The highest BCUT2D eigenvalue weighted by Gasteiger charge is 2.46. The molecule has 1 aliphatic carbocycles. The summed E-state index contributed by atoms with van der Waals surface area (Å²) in [5.74, 6) is 0.833. The first-order chi connectivity index (χ1) is 9.19. The van der Waals surface area contributed by atoms with Crippen LogP contribution in [-0.2, 0) is 9.47 Å². The summed E-state index contributed by atoms with van der Waals surface area (Å²) in [5.41, 5.74) is 6.37. The quantitative estimate of drug-likeness (QED) is 0.825. The lowest BCUT2D eigenvalue weighted by Gasteiger charge is -2.46. The monoisotopic (exact) mass is 270 g/mol. The highest BCUT2D eigenvalue weighted by Crippen LogP contribution is 2.39. The molecule has 1 aliphatic heterocycles. The lowest BCUT2D eigenvalue weighted by molar-refractivity contribution is -0.00461. The van der Waals surface area contributed by atoms with Crippen LogP contribution in [0.4, 0.5) is 0 Å². The van der Waals surface area contributed by atoms with Crippen molar-refractivity contribution in [1.29, 1.82) is 0 Å². The largest absolute Gasteiger partial charge is 0.377 e. The molecule has 1 saturated heterocycles. The molecule has 4 heteroatoms. The number of nitrogens with two attached hydrogens (primary N) is 1. The molecule has 0 aromatic heterocycles. The van der Waals surface area contributed by atoms with Crippen molar-refractivity contribution in [3.8, 4) is 0 Å². The van der Waals surface area contributed by atoms with E-state index in [0.29, 0.717) is 0 Å². The second-order valence-electron chi connectivity index (χ2n) is 6.25. The second kappa shape index (κ2) is 6.53. The minimum atomic E-state index is 0.184. The van der Waals surface area contributed by atoms with E-state index in [4.69, 9.17) is 15.2 Å². The minimum Gasteiger partial charge on any atom is -0.377 e. The number of ether oxygens (including phenoxy) is 2. The van der Waals surface area contributed by atoms with Crippen LogP contribution in [0.5, 0.6) is 0 Å². The number of rotatable bonds is 5. The fourth-order valence-corrected chi connectivity index (χ4v) is 4.00. The van der Waals surface area contributed by atoms with Gasteiger partial charge in [0.15, 0.2) is 0 Å². The average molecular weight is 270 g/mol. The molecule has 1 saturated carbocycles. The fraction of sp³-hybridized carbons (Fsp3) is 1.00. The molecule has 0 aromatic carbocycles. The molecule has 0 spiro atoms. The summed E-state index contributed by atoms with van der Waals surface area (Å²) in [6.07, 6.45) is 6.80. The van der Waals surface area contributed by atoms with Crippen LogP contribution in [0, 0.1) is 5.92 Å². The first kappa shape index (κ1) is 15.2. The summed E-state index contributed by atoms with van der Waals surface area (Å²) >= 11 is 0. The van der Waals surface area contributed by atoms with Gasteiger partial charge < -0.3 is 15.2 Å². The maximum atomic E-state index is 6.19. The van der Waals surface area contributed by atoms with E-state index in [1.165, 1.54) is 32.1 Å². The topological polar surface area (TPSA) is 47.7 Å². The smallest absolute Gasteiger partial charge is 0.0972 e. The molecule has 4 nitrogen and oxygen atoms in total. The van der Waals surface area contributed by atoms with Crippen molar-refractivity contribution < 1.29 is 9.47 Å². The van der Waals surface area contributed by atoms with Gasteiger partial charge in [0.25, 0.3) is 0 Å². The highest BCUT2D eigenvalue weighted by atomic mass is 16.5. The van der Waals surface area contributed by atoms with Gasteiger partial charge in [-0.05, 0) is 18.8 Å². The molecular weight excluding hydrogens is 240 g/mol. The molecule has 2 fully saturated rings. The summed E-state index contributed by atoms with van der Waals surface area (Å²) in [7, 11) is 3.57. The molecule has 19 heavy (non-hydrogen) atoms. The van der Waals surface area contributed by atoms with Crippen molar-refractivity contribution in [2.75, 3.05) is 33.9 Å². The van der Waals surface area contributed by atoms with Gasteiger partial charge in [0, 0.05) is 39.4 Å².